The molecular weight excluding hydrogens is 236 g/mol. The minimum absolute atomic E-state index is 0.279. The minimum atomic E-state index is -0.769. The van der Waals surface area contributed by atoms with E-state index in [1.54, 1.807) is 6.92 Å². The van der Waals surface area contributed by atoms with E-state index < -0.39 is 17.9 Å². The summed E-state index contributed by atoms with van der Waals surface area (Å²) in [6.07, 6.45) is 3.35. The Bertz CT molecular complexity index is 277. The molecule has 0 N–H and O–H groups in total. The number of cyclic esters (lactones) is 1. The Morgan fingerprint density at radius 1 is 1.39 bits per heavy atom. The molecule has 1 aliphatic rings. The maximum absolute atomic E-state index is 11.5. The van der Waals surface area contributed by atoms with Crippen LogP contribution in [-0.2, 0) is 23.8 Å². The molecule has 1 aliphatic heterocycles. The van der Waals surface area contributed by atoms with E-state index in [-0.39, 0.29) is 12.7 Å². The molecule has 2 atom stereocenters. The Balaban J connectivity index is 2.22. The lowest BCUT2D eigenvalue weighted by atomic mass is 10.1. The molecule has 1 heterocycles. The number of ether oxygens (including phenoxy) is 3. The van der Waals surface area contributed by atoms with Crippen LogP contribution < -0.4 is 0 Å². The van der Waals surface area contributed by atoms with Crippen LogP contribution in [0.4, 0.5) is 0 Å². The number of hydrogen-bond donors (Lipinski definition) is 0. The second kappa shape index (κ2) is 8.08. The number of rotatable bonds is 8. The Hall–Kier alpha value is -1.10. The van der Waals surface area contributed by atoms with Crippen molar-refractivity contribution in [3.63, 3.8) is 0 Å². The zero-order valence-corrected chi connectivity index (χ0v) is 11.1. The van der Waals surface area contributed by atoms with Crippen LogP contribution in [0.15, 0.2) is 0 Å². The topological polar surface area (TPSA) is 61.8 Å². The van der Waals surface area contributed by atoms with Gasteiger partial charge < -0.3 is 14.2 Å². The van der Waals surface area contributed by atoms with Gasteiger partial charge in [-0.2, -0.15) is 0 Å². The van der Waals surface area contributed by atoms with Gasteiger partial charge in [0.1, 0.15) is 6.10 Å². The van der Waals surface area contributed by atoms with Crippen LogP contribution >= 0.6 is 0 Å². The predicted octanol–water partition coefficient (Wildman–Crippen LogP) is 1.69. The average molecular weight is 258 g/mol. The van der Waals surface area contributed by atoms with Crippen molar-refractivity contribution < 1.29 is 23.8 Å². The Labute approximate surface area is 108 Å². The number of esters is 2. The molecule has 0 radical (unpaired) electrons. The predicted molar refractivity (Wildman–Crippen MR) is 65.0 cm³/mol. The van der Waals surface area contributed by atoms with Crippen molar-refractivity contribution in [2.45, 2.75) is 45.6 Å². The normalized spacial score (nSPS) is 22.9. The molecule has 0 bridgehead atoms. The summed E-state index contributed by atoms with van der Waals surface area (Å²) in [5, 5.41) is 0. The summed E-state index contributed by atoms with van der Waals surface area (Å²) in [4.78, 5) is 22.9. The maximum atomic E-state index is 11.5. The molecule has 0 saturated carbocycles. The van der Waals surface area contributed by atoms with Gasteiger partial charge in [0.05, 0.1) is 13.2 Å². The number of carbonyl (C=O) groups excluding carboxylic acids is 2. The third kappa shape index (κ3) is 4.64. The van der Waals surface area contributed by atoms with Gasteiger partial charge in [0.15, 0.2) is 5.92 Å². The number of unbranched alkanes of at least 4 members (excludes halogenated alkanes) is 2. The molecule has 104 valence electrons. The van der Waals surface area contributed by atoms with Gasteiger partial charge in [0.25, 0.3) is 0 Å². The van der Waals surface area contributed by atoms with E-state index >= 15 is 0 Å². The van der Waals surface area contributed by atoms with E-state index in [0.717, 1.165) is 19.3 Å². The Morgan fingerprint density at radius 2 is 2.17 bits per heavy atom. The third-order valence-corrected chi connectivity index (χ3v) is 2.83. The molecule has 0 aromatic heterocycles. The van der Waals surface area contributed by atoms with Gasteiger partial charge in [-0.05, 0) is 13.3 Å². The smallest absolute Gasteiger partial charge is 0.320 e. The lowest BCUT2D eigenvalue weighted by Crippen LogP contribution is -2.21. The molecule has 5 nitrogen and oxygen atoms in total. The van der Waals surface area contributed by atoms with Crippen molar-refractivity contribution in [3.05, 3.63) is 0 Å². The van der Waals surface area contributed by atoms with E-state index in [1.807, 2.05) is 0 Å². The average Bonchev–Trinajstić information content (AvgIpc) is 2.71. The molecule has 1 rings (SSSR count). The van der Waals surface area contributed by atoms with Crippen molar-refractivity contribution in [1.82, 2.24) is 0 Å². The summed E-state index contributed by atoms with van der Waals surface area (Å²) >= 11 is 0. The van der Waals surface area contributed by atoms with E-state index in [1.165, 1.54) is 0 Å². The molecule has 0 aromatic carbocycles. The number of hydrogen-bond acceptors (Lipinski definition) is 5. The summed E-state index contributed by atoms with van der Waals surface area (Å²) in [6, 6.07) is 0. The maximum Gasteiger partial charge on any atom is 0.320 e. The fourth-order valence-electron chi connectivity index (χ4n) is 1.86. The highest BCUT2D eigenvalue weighted by Gasteiger charge is 2.40. The van der Waals surface area contributed by atoms with Crippen LogP contribution in [0.2, 0.25) is 0 Å². The standard InChI is InChI=1S/C13H22O5/c1-3-5-6-7-16-9-10-8-11(13(15)18-10)12(14)17-4-2/h10-11H,3-9H2,1-2H3. The van der Waals surface area contributed by atoms with Gasteiger partial charge in [-0.1, -0.05) is 19.8 Å². The Kier molecular flexibility index (Phi) is 6.72. The third-order valence-electron chi connectivity index (χ3n) is 2.83. The van der Waals surface area contributed by atoms with E-state index in [4.69, 9.17) is 14.2 Å². The van der Waals surface area contributed by atoms with Gasteiger partial charge in [-0.25, -0.2) is 0 Å². The van der Waals surface area contributed by atoms with Crippen molar-refractivity contribution in [3.8, 4) is 0 Å². The van der Waals surface area contributed by atoms with Crippen LogP contribution in [0.5, 0.6) is 0 Å². The van der Waals surface area contributed by atoms with Crippen molar-refractivity contribution in [2.24, 2.45) is 5.92 Å². The molecule has 0 aromatic rings. The fraction of sp³-hybridized carbons (Fsp3) is 0.846. The summed E-state index contributed by atoms with van der Waals surface area (Å²) in [5.41, 5.74) is 0. The second-order valence-corrected chi connectivity index (χ2v) is 4.38. The van der Waals surface area contributed by atoms with Crippen LogP contribution in [0.3, 0.4) is 0 Å². The van der Waals surface area contributed by atoms with Crippen molar-refractivity contribution in [1.29, 1.82) is 0 Å². The Morgan fingerprint density at radius 3 is 2.83 bits per heavy atom. The molecule has 5 heteroatoms. The van der Waals surface area contributed by atoms with Gasteiger partial charge in [-0.3, -0.25) is 9.59 Å². The monoisotopic (exact) mass is 258 g/mol. The summed E-state index contributed by atoms with van der Waals surface area (Å²) in [5.74, 6) is -1.75. The summed E-state index contributed by atoms with van der Waals surface area (Å²) < 4.78 is 15.3. The minimum Gasteiger partial charge on any atom is -0.465 e. The molecule has 0 aliphatic carbocycles. The molecule has 18 heavy (non-hydrogen) atoms. The van der Waals surface area contributed by atoms with Crippen LogP contribution in [0.1, 0.15) is 39.5 Å². The summed E-state index contributed by atoms with van der Waals surface area (Å²) in [6.45, 7) is 5.16. The lowest BCUT2D eigenvalue weighted by molar-refractivity contribution is -0.156. The number of carbonyl (C=O) groups is 2. The summed E-state index contributed by atoms with van der Waals surface area (Å²) in [7, 11) is 0. The van der Waals surface area contributed by atoms with Gasteiger partial charge in [0.2, 0.25) is 0 Å². The van der Waals surface area contributed by atoms with Gasteiger partial charge >= 0.3 is 11.9 Å². The van der Waals surface area contributed by atoms with Crippen LogP contribution in [0, 0.1) is 5.92 Å². The first-order valence-corrected chi connectivity index (χ1v) is 6.63. The SMILES string of the molecule is CCCCCOCC1CC(C(=O)OCC)C(=O)O1. The van der Waals surface area contributed by atoms with Gasteiger partial charge in [-0.15, -0.1) is 0 Å². The van der Waals surface area contributed by atoms with Crippen LogP contribution in [0.25, 0.3) is 0 Å². The first kappa shape index (κ1) is 15.0. The van der Waals surface area contributed by atoms with Crippen LogP contribution in [-0.4, -0.2) is 37.9 Å². The zero-order chi connectivity index (χ0) is 13.4. The molecule has 2 unspecified atom stereocenters. The molecule has 0 amide bonds. The van der Waals surface area contributed by atoms with E-state index in [9.17, 15) is 9.59 Å². The molecule has 1 saturated heterocycles. The second-order valence-electron chi connectivity index (χ2n) is 4.38. The molecular formula is C13H22O5. The highest BCUT2D eigenvalue weighted by molar-refractivity contribution is 5.96. The quantitative estimate of drug-likeness (QED) is 0.376. The van der Waals surface area contributed by atoms with E-state index in [0.29, 0.717) is 19.6 Å². The van der Waals surface area contributed by atoms with Crippen molar-refractivity contribution >= 4 is 11.9 Å². The first-order chi connectivity index (χ1) is 8.69. The highest BCUT2D eigenvalue weighted by atomic mass is 16.6. The lowest BCUT2D eigenvalue weighted by Gasteiger charge is -2.09. The zero-order valence-electron chi connectivity index (χ0n) is 11.1. The van der Waals surface area contributed by atoms with E-state index in [2.05, 4.69) is 6.92 Å². The van der Waals surface area contributed by atoms with Crippen molar-refractivity contribution in [2.75, 3.05) is 19.8 Å². The van der Waals surface area contributed by atoms with Gasteiger partial charge in [0, 0.05) is 13.0 Å². The highest BCUT2D eigenvalue weighted by Crippen LogP contribution is 2.22. The molecule has 0 spiro atoms. The largest absolute Gasteiger partial charge is 0.465 e. The fourth-order valence-corrected chi connectivity index (χ4v) is 1.86. The molecule has 1 fully saturated rings. The first-order valence-electron chi connectivity index (χ1n) is 6.63.